The summed E-state index contributed by atoms with van der Waals surface area (Å²) in [6, 6.07) is 14.3. The molecule has 0 bridgehead atoms. The number of aliphatic hydroxyl groups is 1. The van der Waals surface area contributed by atoms with E-state index in [2.05, 4.69) is 56.1 Å². The minimum atomic E-state index is 0.0224. The molecule has 0 saturated heterocycles. The van der Waals surface area contributed by atoms with E-state index in [9.17, 15) is 0 Å². The van der Waals surface area contributed by atoms with E-state index in [0.29, 0.717) is 6.61 Å². The van der Waals surface area contributed by atoms with Gasteiger partial charge in [-0.25, -0.2) is 0 Å². The monoisotopic (exact) mass is 412 g/mol. The van der Waals surface area contributed by atoms with Gasteiger partial charge in [-0.1, -0.05) is 30.3 Å². The number of halogens is 2. The summed E-state index contributed by atoms with van der Waals surface area (Å²) in [6.07, 6.45) is 3.19. The summed E-state index contributed by atoms with van der Waals surface area (Å²) < 4.78 is 7.56. The summed E-state index contributed by atoms with van der Waals surface area (Å²) in [5.74, 6) is 0.798. The Balaban J connectivity index is 1.79. The van der Waals surface area contributed by atoms with Crippen molar-refractivity contribution < 1.29 is 9.84 Å². The van der Waals surface area contributed by atoms with E-state index < -0.39 is 0 Å². The van der Waals surface area contributed by atoms with E-state index in [-0.39, 0.29) is 6.61 Å². The summed E-state index contributed by atoms with van der Waals surface area (Å²) in [4.78, 5) is 0. The number of benzene rings is 2. The molecule has 0 amide bonds. The van der Waals surface area contributed by atoms with Crippen LogP contribution >= 0.6 is 31.9 Å². The average Bonchev–Trinajstić information content (AvgIpc) is 2.50. The zero-order chi connectivity index (χ0) is 15.1. The van der Waals surface area contributed by atoms with Gasteiger partial charge in [-0.3, -0.25) is 0 Å². The van der Waals surface area contributed by atoms with Gasteiger partial charge in [0, 0.05) is 0 Å². The van der Waals surface area contributed by atoms with Gasteiger partial charge in [0.1, 0.15) is 5.75 Å². The lowest BCUT2D eigenvalue weighted by Gasteiger charge is -2.11. The van der Waals surface area contributed by atoms with Crippen molar-refractivity contribution in [2.24, 2.45) is 0 Å². The van der Waals surface area contributed by atoms with Crippen LogP contribution in [0, 0.1) is 0 Å². The third kappa shape index (κ3) is 5.13. The first kappa shape index (κ1) is 16.5. The Morgan fingerprint density at radius 3 is 2.19 bits per heavy atom. The minimum absolute atomic E-state index is 0.0224. The first-order valence-electron chi connectivity index (χ1n) is 6.96. The molecule has 0 aliphatic carbocycles. The Morgan fingerprint density at radius 1 is 0.905 bits per heavy atom. The summed E-state index contributed by atoms with van der Waals surface area (Å²) >= 11 is 6.96. The van der Waals surface area contributed by atoms with E-state index in [0.717, 1.165) is 39.5 Å². The van der Waals surface area contributed by atoms with Crippen molar-refractivity contribution >= 4 is 31.9 Å². The van der Waals surface area contributed by atoms with Crippen LogP contribution in [-0.2, 0) is 13.0 Å². The molecule has 112 valence electrons. The Hall–Kier alpha value is -0.840. The van der Waals surface area contributed by atoms with E-state index in [1.54, 1.807) is 0 Å². The van der Waals surface area contributed by atoms with Crippen molar-refractivity contribution in [2.75, 3.05) is 6.61 Å². The maximum absolute atomic E-state index is 9.15. The first-order valence-corrected chi connectivity index (χ1v) is 8.55. The number of unbranched alkanes of at least 4 members (excludes halogenated alkanes) is 1. The third-order valence-electron chi connectivity index (χ3n) is 3.19. The second kappa shape index (κ2) is 8.57. The Kier molecular flexibility index (Phi) is 6.74. The maximum Gasteiger partial charge on any atom is 0.147 e. The van der Waals surface area contributed by atoms with Gasteiger partial charge >= 0.3 is 0 Å². The van der Waals surface area contributed by atoms with Crippen LogP contribution in [-0.4, -0.2) is 11.7 Å². The molecule has 2 nitrogen and oxygen atoms in total. The predicted molar refractivity (Wildman–Crippen MR) is 92.6 cm³/mol. The largest absolute Gasteiger partial charge is 0.491 e. The van der Waals surface area contributed by atoms with E-state index >= 15 is 0 Å². The van der Waals surface area contributed by atoms with Crippen molar-refractivity contribution in [1.29, 1.82) is 0 Å². The van der Waals surface area contributed by atoms with Crippen molar-refractivity contribution in [2.45, 2.75) is 25.9 Å². The molecule has 0 saturated carbocycles. The summed E-state index contributed by atoms with van der Waals surface area (Å²) in [5, 5.41) is 9.15. The zero-order valence-electron chi connectivity index (χ0n) is 11.7. The molecule has 4 heteroatoms. The number of rotatable bonds is 7. The normalized spacial score (nSPS) is 10.6. The highest BCUT2D eigenvalue weighted by atomic mass is 79.9. The molecule has 0 aromatic heterocycles. The van der Waals surface area contributed by atoms with Crippen molar-refractivity contribution in [3.63, 3.8) is 0 Å². The molecule has 0 aliphatic heterocycles. The second-order valence-electron chi connectivity index (χ2n) is 4.84. The SMILES string of the molecule is OCc1cc(Br)c(OCCCCc2ccccc2)c(Br)c1. The van der Waals surface area contributed by atoms with Crippen molar-refractivity contribution in [3.8, 4) is 5.75 Å². The van der Waals surface area contributed by atoms with Gasteiger partial charge in [-0.2, -0.15) is 0 Å². The van der Waals surface area contributed by atoms with Gasteiger partial charge in [0.2, 0.25) is 0 Å². The second-order valence-corrected chi connectivity index (χ2v) is 6.55. The van der Waals surface area contributed by atoms with Crippen molar-refractivity contribution in [1.82, 2.24) is 0 Å². The smallest absolute Gasteiger partial charge is 0.147 e. The lowest BCUT2D eigenvalue weighted by atomic mass is 10.1. The average molecular weight is 414 g/mol. The zero-order valence-corrected chi connectivity index (χ0v) is 14.9. The molecule has 2 rings (SSSR count). The molecule has 0 unspecified atom stereocenters. The highest BCUT2D eigenvalue weighted by Gasteiger charge is 2.08. The molecule has 0 fully saturated rings. The van der Waals surface area contributed by atoms with E-state index in [4.69, 9.17) is 9.84 Å². The van der Waals surface area contributed by atoms with Crippen LogP contribution in [0.2, 0.25) is 0 Å². The van der Waals surface area contributed by atoms with Crippen LogP contribution < -0.4 is 4.74 Å². The number of ether oxygens (including phenoxy) is 1. The van der Waals surface area contributed by atoms with Crippen LogP contribution in [0.1, 0.15) is 24.0 Å². The van der Waals surface area contributed by atoms with E-state index in [1.807, 2.05) is 18.2 Å². The third-order valence-corrected chi connectivity index (χ3v) is 4.37. The highest BCUT2D eigenvalue weighted by Crippen LogP contribution is 2.34. The van der Waals surface area contributed by atoms with Gasteiger partial charge in [-0.05, 0) is 74.4 Å². The van der Waals surface area contributed by atoms with Crippen LogP contribution in [0.25, 0.3) is 0 Å². The molecule has 0 spiro atoms. The fourth-order valence-electron chi connectivity index (χ4n) is 2.09. The molecule has 0 heterocycles. The molecule has 0 aliphatic rings. The number of aliphatic hydroxyl groups excluding tert-OH is 1. The Labute approximate surface area is 142 Å². The topological polar surface area (TPSA) is 29.5 Å². The number of hydrogen-bond donors (Lipinski definition) is 1. The molecule has 21 heavy (non-hydrogen) atoms. The lowest BCUT2D eigenvalue weighted by Crippen LogP contribution is -2.00. The standard InChI is InChI=1S/C17H18Br2O2/c18-15-10-14(12-20)11-16(19)17(15)21-9-5-4-8-13-6-2-1-3-7-13/h1-3,6-7,10-11,20H,4-5,8-9,12H2. The van der Waals surface area contributed by atoms with Gasteiger partial charge in [0.05, 0.1) is 22.2 Å². The maximum atomic E-state index is 9.15. The van der Waals surface area contributed by atoms with Crippen LogP contribution in [0.5, 0.6) is 5.75 Å². The van der Waals surface area contributed by atoms with E-state index in [1.165, 1.54) is 5.56 Å². The number of aryl methyl sites for hydroxylation is 1. The van der Waals surface area contributed by atoms with Crippen molar-refractivity contribution in [3.05, 3.63) is 62.5 Å². The van der Waals surface area contributed by atoms with Gasteiger partial charge in [0.15, 0.2) is 0 Å². The number of hydrogen-bond acceptors (Lipinski definition) is 2. The van der Waals surface area contributed by atoms with Gasteiger partial charge in [0.25, 0.3) is 0 Å². The molecular formula is C17H18Br2O2. The molecule has 0 atom stereocenters. The molecular weight excluding hydrogens is 396 g/mol. The molecule has 2 aromatic rings. The molecule has 2 aromatic carbocycles. The van der Waals surface area contributed by atoms with Crippen LogP contribution in [0.4, 0.5) is 0 Å². The first-order chi connectivity index (χ1) is 10.2. The summed E-state index contributed by atoms with van der Waals surface area (Å²) in [7, 11) is 0. The predicted octanol–water partition coefficient (Wildman–Crippen LogP) is 5.11. The summed E-state index contributed by atoms with van der Waals surface area (Å²) in [5.41, 5.74) is 2.22. The minimum Gasteiger partial charge on any atom is -0.491 e. The highest BCUT2D eigenvalue weighted by molar-refractivity contribution is 9.11. The fraction of sp³-hybridized carbons (Fsp3) is 0.294. The van der Waals surface area contributed by atoms with Crippen LogP contribution in [0.3, 0.4) is 0 Å². The Morgan fingerprint density at radius 2 is 1.57 bits per heavy atom. The lowest BCUT2D eigenvalue weighted by molar-refractivity contribution is 0.280. The van der Waals surface area contributed by atoms with Gasteiger partial charge in [-0.15, -0.1) is 0 Å². The molecule has 0 radical (unpaired) electrons. The fourth-order valence-corrected chi connectivity index (χ4v) is 3.60. The van der Waals surface area contributed by atoms with Gasteiger partial charge < -0.3 is 9.84 Å². The molecule has 1 N–H and O–H groups in total. The van der Waals surface area contributed by atoms with Crippen LogP contribution in [0.15, 0.2) is 51.4 Å². The Bertz CT molecular complexity index is 547. The summed E-state index contributed by atoms with van der Waals surface area (Å²) in [6.45, 7) is 0.705. The quantitative estimate of drug-likeness (QED) is 0.639.